The lowest BCUT2D eigenvalue weighted by atomic mass is 10.2. The molecule has 1 aromatic heterocycles. The van der Waals surface area contributed by atoms with Gasteiger partial charge in [-0.1, -0.05) is 24.3 Å². The number of aromatic nitrogens is 3. The minimum Gasteiger partial charge on any atom is -0.316 e. The van der Waals surface area contributed by atoms with E-state index in [0.717, 1.165) is 23.4 Å². The molecule has 3 rings (SSSR count). The standard InChI is InChI=1S/C17H17N5O3/c1-18-10-13-2-6-15(7-3-13)20-12-19-21(17(20)23)11-14-4-8-16(9-5-14)22(24)25/h2-9,12,18H,10-11H2,1H3. The van der Waals surface area contributed by atoms with Gasteiger partial charge in [0, 0.05) is 18.7 Å². The molecule has 0 aliphatic carbocycles. The predicted molar refractivity (Wildman–Crippen MR) is 92.8 cm³/mol. The molecule has 0 unspecified atom stereocenters. The Hall–Kier alpha value is -3.26. The first-order chi connectivity index (χ1) is 12.1. The van der Waals surface area contributed by atoms with E-state index in [9.17, 15) is 14.9 Å². The Labute approximate surface area is 143 Å². The monoisotopic (exact) mass is 339 g/mol. The molecule has 0 bridgehead atoms. The van der Waals surface area contributed by atoms with E-state index in [0.29, 0.717) is 0 Å². The molecule has 0 saturated heterocycles. The Morgan fingerprint density at radius 2 is 1.72 bits per heavy atom. The van der Waals surface area contributed by atoms with Crippen molar-refractivity contribution in [3.63, 3.8) is 0 Å². The fraction of sp³-hybridized carbons (Fsp3) is 0.176. The van der Waals surface area contributed by atoms with Crippen molar-refractivity contribution in [2.24, 2.45) is 0 Å². The van der Waals surface area contributed by atoms with Crippen LogP contribution < -0.4 is 11.0 Å². The molecule has 1 heterocycles. The van der Waals surface area contributed by atoms with Gasteiger partial charge in [0.2, 0.25) is 0 Å². The van der Waals surface area contributed by atoms with Crippen molar-refractivity contribution in [1.29, 1.82) is 0 Å². The second-order valence-corrected chi connectivity index (χ2v) is 5.56. The van der Waals surface area contributed by atoms with Crippen LogP contribution in [0.1, 0.15) is 11.1 Å². The van der Waals surface area contributed by atoms with Crippen LogP contribution in [0, 0.1) is 10.1 Å². The molecule has 0 amide bonds. The average molecular weight is 339 g/mol. The molecule has 0 atom stereocenters. The van der Waals surface area contributed by atoms with Crippen molar-refractivity contribution >= 4 is 5.69 Å². The van der Waals surface area contributed by atoms with Gasteiger partial charge in [0.1, 0.15) is 6.33 Å². The second kappa shape index (κ2) is 7.10. The molecule has 0 radical (unpaired) electrons. The lowest BCUT2D eigenvalue weighted by Crippen LogP contribution is -2.24. The Morgan fingerprint density at radius 1 is 1.08 bits per heavy atom. The molecule has 8 nitrogen and oxygen atoms in total. The van der Waals surface area contributed by atoms with Gasteiger partial charge in [0.05, 0.1) is 17.2 Å². The average Bonchev–Trinajstić information content (AvgIpc) is 2.97. The van der Waals surface area contributed by atoms with Gasteiger partial charge in [-0.15, -0.1) is 0 Å². The van der Waals surface area contributed by atoms with Crippen LogP contribution in [0.15, 0.2) is 59.7 Å². The zero-order valence-corrected chi connectivity index (χ0v) is 13.6. The first kappa shape index (κ1) is 16.6. The summed E-state index contributed by atoms with van der Waals surface area (Å²) in [4.78, 5) is 22.7. The lowest BCUT2D eigenvalue weighted by molar-refractivity contribution is -0.384. The van der Waals surface area contributed by atoms with Crippen molar-refractivity contribution in [2.45, 2.75) is 13.1 Å². The number of hydrogen-bond donors (Lipinski definition) is 1. The predicted octanol–water partition coefficient (Wildman–Crippen LogP) is 1.71. The van der Waals surface area contributed by atoms with Gasteiger partial charge < -0.3 is 5.32 Å². The topological polar surface area (TPSA) is 95.0 Å². The fourth-order valence-electron chi connectivity index (χ4n) is 2.50. The number of rotatable bonds is 6. The van der Waals surface area contributed by atoms with Crippen LogP contribution >= 0.6 is 0 Å². The van der Waals surface area contributed by atoms with Crippen LogP contribution in [0.2, 0.25) is 0 Å². The maximum Gasteiger partial charge on any atom is 0.350 e. The Bertz CT molecular complexity index is 926. The zero-order valence-electron chi connectivity index (χ0n) is 13.6. The normalized spacial score (nSPS) is 10.8. The summed E-state index contributed by atoms with van der Waals surface area (Å²) in [5.74, 6) is 0. The molecule has 1 N–H and O–H groups in total. The van der Waals surface area contributed by atoms with E-state index in [1.165, 1.54) is 27.7 Å². The highest BCUT2D eigenvalue weighted by atomic mass is 16.6. The third kappa shape index (κ3) is 3.64. The molecule has 0 fully saturated rings. The number of non-ortho nitro benzene ring substituents is 1. The Kier molecular flexibility index (Phi) is 4.71. The highest BCUT2D eigenvalue weighted by Gasteiger charge is 2.09. The van der Waals surface area contributed by atoms with Crippen molar-refractivity contribution in [3.05, 3.63) is 86.6 Å². The maximum absolute atomic E-state index is 12.5. The number of nitro groups is 1. The number of nitrogens with zero attached hydrogens (tertiary/aromatic N) is 4. The number of nitro benzene ring substituents is 1. The van der Waals surface area contributed by atoms with Crippen molar-refractivity contribution < 1.29 is 4.92 Å². The van der Waals surface area contributed by atoms with Gasteiger partial charge in [-0.25, -0.2) is 14.0 Å². The first-order valence-electron chi connectivity index (χ1n) is 7.70. The quantitative estimate of drug-likeness (QED) is 0.545. The molecule has 0 aliphatic heterocycles. The molecule has 128 valence electrons. The minimum absolute atomic E-state index is 0.0169. The zero-order chi connectivity index (χ0) is 17.8. The van der Waals surface area contributed by atoms with Crippen LogP contribution in [0.3, 0.4) is 0 Å². The van der Waals surface area contributed by atoms with Crippen LogP contribution in [-0.4, -0.2) is 26.3 Å². The van der Waals surface area contributed by atoms with Crippen LogP contribution in [0.5, 0.6) is 0 Å². The summed E-state index contributed by atoms with van der Waals surface area (Å²) in [5.41, 5.74) is 2.38. The van der Waals surface area contributed by atoms with Gasteiger partial charge >= 0.3 is 5.69 Å². The van der Waals surface area contributed by atoms with Gasteiger partial charge in [-0.3, -0.25) is 10.1 Å². The van der Waals surface area contributed by atoms with E-state index in [-0.39, 0.29) is 17.9 Å². The number of benzene rings is 2. The smallest absolute Gasteiger partial charge is 0.316 e. The third-order valence-corrected chi connectivity index (χ3v) is 3.81. The van der Waals surface area contributed by atoms with Crippen LogP contribution in [0.25, 0.3) is 5.69 Å². The van der Waals surface area contributed by atoms with E-state index in [1.54, 1.807) is 12.1 Å². The summed E-state index contributed by atoms with van der Waals surface area (Å²) in [6, 6.07) is 13.7. The van der Waals surface area contributed by atoms with E-state index in [1.807, 2.05) is 31.3 Å². The molecule has 0 spiro atoms. The Balaban J connectivity index is 1.81. The summed E-state index contributed by atoms with van der Waals surface area (Å²) in [5, 5.41) is 17.9. The minimum atomic E-state index is -0.456. The summed E-state index contributed by atoms with van der Waals surface area (Å²) < 4.78 is 2.79. The summed E-state index contributed by atoms with van der Waals surface area (Å²) in [6.45, 7) is 1.01. The third-order valence-electron chi connectivity index (χ3n) is 3.81. The number of nitrogens with one attached hydrogen (secondary N) is 1. The molecule has 8 heteroatoms. The molecule has 25 heavy (non-hydrogen) atoms. The summed E-state index contributed by atoms with van der Waals surface area (Å²) in [7, 11) is 1.88. The van der Waals surface area contributed by atoms with Crippen molar-refractivity contribution in [3.8, 4) is 5.69 Å². The first-order valence-corrected chi connectivity index (χ1v) is 7.70. The summed E-state index contributed by atoms with van der Waals surface area (Å²) in [6.07, 6.45) is 1.47. The molecular formula is C17H17N5O3. The van der Waals surface area contributed by atoms with E-state index < -0.39 is 4.92 Å². The highest BCUT2D eigenvalue weighted by Crippen LogP contribution is 2.12. The van der Waals surface area contributed by atoms with Gasteiger partial charge in [-0.2, -0.15) is 5.10 Å². The highest BCUT2D eigenvalue weighted by molar-refractivity contribution is 5.35. The molecular weight excluding hydrogens is 322 g/mol. The largest absolute Gasteiger partial charge is 0.350 e. The van der Waals surface area contributed by atoms with Crippen molar-refractivity contribution in [1.82, 2.24) is 19.7 Å². The molecule has 0 aliphatic rings. The number of hydrogen-bond acceptors (Lipinski definition) is 5. The second-order valence-electron chi connectivity index (χ2n) is 5.56. The van der Waals surface area contributed by atoms with Crippen LogP contribution in [-0.2, 0) is 13.1 Å². The lowest BCUT2D eigenvalue weighted by Gasteiger charge is -2.04. The molecule has 2 aromatic carbocycles. The fourth-order valence-corrected chi connectivity index (χ4v) is 2.50. The van der Waals surface area contributed by atoms with Crippen molar-refractivity contribution in [2.75, 3.05) is 7.05 Å². The SMILES string of the molecule is CNCc1ccc(-n2cnn(Cc3ccc([N+](=O)[O-])cc3)c2=O)cc1. The molecule has 0 saturated carbocycles. The van der Waals surface area contributed by atoms with Gasteiger partial charge in [0.25, 0.3) is 5.69 Å². The summed E-state index contributed by atoms with van der Waals surface area (Å²) >= 11 is 0. The van der Waals surface area contributed by atoms with E-state index >= 15 is 0 Å². The molecule has 3 aromatic rings. The van der Waals surface area contributed by atoms with E-state index in [4.69, 9.17) is 0 Å². The Morgan fingerprint density at radius 3 is 2.32 bits per heavy atom. The van der Waals surface area contributed by atoms with Crippen LogP contribution in [0.4, 0.5) is 5.69 Å². The van der Waals surface area contributed by atoms with Gasteiger partial charge in [-0.05, 0) is 30.3 Å². The van der Waals surface area contributed by atoms with Gasteiger partial charge in [0.15, 0.2) is 0 Å². The maximum atomic E-state index is 12.5. The van der Waals surface area contributed by atoms with E-state index in [2.05, 4.69) is 10.4 Å².